The number of hydrogen-bond donors (Lipinski definition) is 0. The van der Waals surface area contributed by atoms with Crippen LogP contribution in [-0.2, 0) is 9.53 Å². The lowest BCUT2D eigenvalue weighted by Crippen LogP contribution is -2.07. The van der Waals surface area contributed by atoms with Crippen molar-refractivity contribution in [3.8, 4) is 28.5 Å². The van der Waals surface area contributed by atoms with E-state index in [-0.39, 0.29) is 11.6 Å². The number of esters is 1. The maximum absolute atomic E-state index is 12.6. The van der Waals surface area contributed by atoms with Crippen molar-refractivity contribution in [2.45, 2.75) is 6.92 Å². The topological polar surface area (TPSA) is 92.4 Å². The van der Waals surface area contributed by atoms with Crippen LogP contribution in [0.5, 0.6) is 17.2 Å². The summed E-state index contributed by atoms with van der Waals surface area (Å²) in [4.78, 5) is 17.0. The van der Waals surface area contributed by atoms with E-state index in [9.17, 15) is 4.79 Å². The lowest BCUT2D eigenvalue weighted by Gasteiger charge is -2.14. The van der Waals surface area contributed by atoms with Gasteiger partial charge in [0.25, 0.3) is 0 Å². The molecule has 0 fully saturated rings. The number of ether oxygens (including phenoxy) is 4. The Balaban J connectivity index is 1.78. The van der Waals surface area contributed by atoms with Gasteiger partial charge in [0.1, 0.15) is 17.0 Å². The number of benzene rings is 2. The summed E-state index contributed by atoms with van der Waals surface area (Å²) in [5.41, 5.74) is 2.60. The first-order chi connectivity index (χ1) is 15.1. The second kappa shape index (κ2) is 8.35. The first kappa shape index (κ1) is 20.2. The van der Waals surface area contributed by atoms with Gasteiger partial charge in [0.05, 0.1) is 21.3 Å². The summed E-state index contributed by atoms with van der Waals surface area (Å²) in [5, 5.41) is 4.12. The van der Waals surface area contributed by atoms with Crippen molar-refractivity contribution >= 4 is 17.9 Å². The van der Waals surface area contributed by atoms with E-state index in [4.69, 9.17) is 23.5 Å². The smallest absolute Gasteiger partial charge is 0.363 e. The predicted molar refractivity (Wildman–Crippen MR) is 113 cm³/mol. The Morgan fingerprint density at radius 3 is 2.35 bits per heavy atom. The predicted octanol–water partition coefficient (Wildman–Crippen LogP) is 4.02. The quantitative estimate of drug-likeness (QED) is 0.439. The Morgan fingerprint density at radius 1 is 0.935 bits per heavy atom. The summed E-state index contributed by atoms with van der Waals surface area (Å²) in [7, 11) is 4.55. The average Bonchev–Trinajstić information content (AvgIpc) is 3.35. The fraction of sp³-hybridized carbons (Fsp3) is 0.174. The van der Waals surface area contributed by atoms with Gasteiger partial charge in [-0.05, 0) is 25.1 Å². The Morgan fingerprint density at radius 2 is 1.68 bits per heavy atom. The lowest BCUT2D eigenvalue weighted by atomic mass is 10.1. The van der Waals surface area contributed by atoms with Crippen molar-refractivity contribution in [3.63, 3.8) is 0 Å². The van der Waals surface area contributed by atoms with Gasteiger partial charge < -0.3 is 23.5 Å². The molecule has 2 heterocycles. The molecule has 2 aromatic carbocycles. The van der Waals surface area contributed by atoms with Crippen LogP contribution in [0.3, 0.4) is 0 Å². The molecule has 158 valence electrons. The Hall–Kier alpha value is -4.07. The molecule has 0 saturated carbocycles. The number of hydrogen-bond acceptors (Lipinski definition) is 8. The molecule has 1 aliphatic heterocycles. The van der Waals surface area contributed by atoms with Gasteiger partial charge in [-0.1, -0.05) is 35.5 Å². The van der Waals surface area contributed by atoms with Gasteiger partial charge in [-0.15, -0.1) is 0 Å². The monoisotopic (exact) mass is 420 g/mol. The zero-order valence-corrected chi connectivity index (χ0v) is 17.5. The summed E-state index contributed by atoms with van der Waals surface area (Å²) < 4.78 is 27.0. The van der Waals surface area contributed by atoms with Gasteiger partial charge in [0, 0.05) is 11.1 Å². The van der Waals surface area contributed by atoms with Crippen molar-refractivity contribution in [1.29, 1.82) is 0 Å². The molecule has 0 spiro atoms. The standard InChI is InChI=1S/C23H20N2O6/c1-13-18(19(25-31-13)14-8-6-5-7-9-14)22-24-16(23(26)30-22)12-15-10-11-17(27-2)21(29-4)20(15)28-3/h5-12H,1-4H3. The second-order valence-electron chi connectivity index (χ2n) is 6.59. The minimum Gasteiger partial charge on any atom is -0.493 e. The van der Waals surface area contributed by atoms with Crippen LogP contribution in [0.15, 0.2) is 57.7 Å². The first-order valence-corrected chi connectivity index (χ1v) is 9.41. The molecular weight excluding hydrogens is 400 g/mol. The van der Waals surface area contributed by atoms with Gasteiger partial charge in [-0.25, -0.2) is 9.79 Å². The molecule has 0 atom stereocenters. The zero-order valence-electron chi connectivity index (χ0n) is 17.5. The Kier molecular flexibility index (Phi) is 5.44. The third-order valence-electron chi connectivity index (χ3n) is 4.77. The summed E-state index contributed by atoms with van der Waals surface area (Å²) in [6.07, 6.45) is 1.57. The molecule has 8 nitrogen and oxygen atoms in total. The van der Waals surface area contributed by atoms with Crippen LogP contribution in [0.1, 0.15) is 16.9 Å². The second-order valence-corrected chi connectivity index (χ2v) is 6.59. The van der Waals surface area contributed by atoms with E-state index in [0.717, 1.165) is 5.56 Å². The normalized spacial score (nSPS) is 14.4. The summed E-state index contributed by atoms with van der Waals surface area (Å²) in [5.74, 6) is 1.37. The highest BCUT2D eigenvalue weighted by molar-refractivity contribution is 6.15. The maximum atomic E-state index is 12.6. The highest BCUT2D eigenvalue weighted by atomic mass is 16.6. The van der Waals surface area contributed by atoms with E-state index in [0.29, 0.717) is 39.8 Å². The average molecular weight is 420 g/mol. The molecule has 31 heavy (non-hydrogen) atoms. The minimum atomic E-state index is -0.591. The number of nitrogens with zero attached hydrogens (tertiary/aromatic N) is 2. The van der Waals surface area contributed by atoms with Gasteiger partial charge in [-0.2, -0.15) is 0 Å². The molecule has 3 aromatic rings. The third-order valence-corrected chi connectivity index (χ3v) is 4.77. The molecule has 0 bridgehead atoms. The molecule has 0 unspecified atom stereocenters. The number of aromatic nitrogens is 1. The van der Waals surface area contributed by atoms with Crippen molar-refractivity contribution < 1.29 is 28.3 Å². The molecule has 0 N–H and O–H groups in total. The van der Waals surface area contributed by atoms with E-state index in [1.54, 1.807) is 25.1 Å². The highest BCUT2D eigenvalue weighted by Crippen LogP contribution is 2.41. The van der Waals surface area contributed by atoms with E-state index in [1.807, 2.05) is 30.3 Å². The van der Waals surface area contributed by atoms with Crippen LogP contribution in [0.2, 0.25) is 0 Å². The van der Waals surface area contributed by atoms with Gasteiger partial charge in [0.15, 0.2) is 17.2 Å². The third kappa shape index (κ3) is 3.63. The fourth-order valence-electron chi connectivity index (χ4n) is 3.32. The molecule has 1 aromatic heterocycles. The molecule has 8 heteroatoms. The fourth-order valence-corrected chi connectivity index (χ4v) is 3.32. The van der Waals surface area contributed by atoms with E-state index < -0.39 is 5.97 Å². The van der Waals surface area contributed by atoms with Crippen LogP contribution < -0.4 is 14.2 Å². The van der Waals surface area contributed by atoms with Crippen LogP contribution >= 0.6 is 0 Å². The lowest BCUT2D eigenvalue weighted by molar-refractivity contribution is -0.129. The number of methoxy groups -OCH3 is 3. The van der Waals surface area contributed by atoms with Gasteiger partial charge in [-0.3, -0.25) is 0 Å². The first-order valence-electron chi connectivity index (χ1n) is 9.41. The number of aryl methyl sites for hydroxylation is 1. The number of rotatable bonds is 6. The highest BCUT2D eigenvalue weighted by Gasteiger charge is 2.30. The maximum Gasteiger partial charge on any atom is 0.363 e. The summed E-state index contributed by atoms with van der Waals surface area (Å²) >= 11 is 0. The zero-order chi connectivity index (χ0) is 22.0. The molecule has 0 radical (unpaired) electrons. The Bertz CT molecular complexity index is 1190. The molecule has 0 amide bonds. The number of cyclic esters (lactones) is 1. The molecule has 1 aliphatic rings. The number of carbonyl (C=O) groups is 1. The van der Waals surface area contributed by atoms with Crippen LogP contribution in [0.4, 0.5) is 0 Å². The van der Waals surface area contributed by atoms with E-state index >= 15 is 0 Å². The molecular formula is C23H20N2O6. The summed E-state index contributed by atoms with van der Waals surface area (Å²) in [6.45, 7) is 1.74. The van der Waals surface area contributed by atoms with Crippen molar-refractivity contribution in [3.05, 3.63) is 65.0 Å². The number of aliphatic imine (C=N–C) groups is 1. The van der Waals surface area contributed by atoms with E-state index in [2.05, 4.69) is 10.1 Å². The van der Waals surface area contributed by atoms with Crippen LogP contribution in [0.25, 0.3) is 17.3 Å². The largest absolute Gasteiger partial charge is 0.493 e. The van der Waals surface area contributed by atoms with Crippen LogP contribution in [-0.4, -0.2) is 38.4 Å². The Labute approximate surface area is 178 Å². The van der Waals surface area contributed by atoms with Crippen molar-refractivity contribution in [2.24, 2.45) is 4.99 Å². The molecule has 0 saturated heterocycles. The SMILES string of the molecule is COc1ccc(C=C2N=C(c3c(-c4ccccc4)noc3C)OC2=O)c(OC)c1OC. The minimum absolute atomic E-state index is 0.111. The van der Waals surface area contributed by atoms with Crippen LogP contribution in [0, 0.1) is 6.92 Å². The molecule has 4 rings (SSSR count). The van der Waals surface area contributed by atoms with Gasteiger partial charge >= 0.3 is 5.97 Å². The van der Waals surface area contributed by atoms with E-state index in [1.165, 1.54) is 21.3 Å². The van der Waals surface area contributed by atoms with Gasteiger partial charge in [0.2, 0.25) is 11.6 Å². The molecule has 0 aliphatic carbocycles. The van der Waals surface area contributed by atoms with Crippen molar-refractivity contribution in [1.82, 2.24) is 5.16 Å². The van der Waals surface area contributed by atoms with Crippen molar-refractivity contribution in [2.75, 3.05) is 21.3 Å². The number of carbonyl (C=O) groups excluding carboxylic acids is 1. The summed E-state index contributed by atoms with van der Waals surface area (Å²) in [6, 6.07) is 12.9.